The van der Waals surface area contributed by atoms with E-state index in [1.807, 2.05) is 5.10 Å². The first-order valence-electron chi connectivity index (χ1n) is 3.95. The molecule has 0 radical (unpaired) electrons. The van der Waals surface area contributed by atoms with Crippen molar-refractivity contribution >= 4 is 6.21 Å². The third-order valence-electron chi connectivity index (χ3n) is 1.50. The lowest BCUT2D eigenvalue weighted by Gasteiger charge is -1.98. The number of nitrogens with one attached hydrogen (secondary N) is 1. The molecule has 0 amide bonds. The Morgan fingerprint density at radius 1 is 1.71 bits per heavy atom. The molecule has 0 spiro atoms. The van der Waals surface area contributed by atoms with Gasteiger partial charge in [-0.3, -0.25) is 14.2 Å². The van der Waals surface area contributed by atoms with E-state index in [4.69, 9.17) is 0 Å². The molecule has 7 nitrogen and oxygen atoms in total. The molecular formula is C7H10N4O3. The van der Waals surface area contributed by atoms with Gasteiger partial charge < -0.3 is 4.84 Å². The average Bonchev–Trinajstić information content (AvgIpc) is 2.19. The molecule has 1 aromatic heterocycles. The smallest absolute Gasteiger partial charge is 0.330 e. The summed E-state index contributed by atoms with van der Waals surface area (Å²) < 4.78 is 1.21. The SMILES string of the molecule is CO/N=C/CCn1cn[nH]c(=O)c1=O. The fourth-order valence-corrected chi connectivity index (χ4v) is 0.871. The van der Waals surface area contributed by atoms with Crippen LogP contribution in [0.5, 0.6) is 0 Å². The van der Waals surface area contributed by atoms with Gasteiger partial charge in [0.25, 0.3) is 0 Å². The van der Waals surface area contributed by atoms with Crippen molar-refractivity contribution in [2.75, 3.05) is 7.11 Å². The summed E-state index contributed by atoms with van der Waals surface area (Å²) in [5.74, 6) is 0. The van der Waals surface area contributed by atoms with Gasteiger partial charge in [0.15, 0.2) is 0 Å². The molecule has 0 unspecified atom stereocenters. The van der Waals surface area contributed by atoms with Gasteiger partial charge in [0.05, 0.1) is 0 Å². The molecular weight excluding hydrogens is 188 g/mol. The Morgan fingerprint density at radius 2 is 2.50 bits per heavy atom. The van der Waals surface area contributed by atoms with Gasteiger partial charge in [-0.25, -0.2) is 5.10 Å². The second-order valence-corrected chi connectivity index (χ2v) is 2.44. The molecule has 0 bridgehead atoms. The van der Waals surface area contributed by atoms with Gasteiger partial charge in [-0.1, -0.05) is 5.16 Å². The van der Waals surface area contributed by atoms with Gasteiger partial charge >= 0.3 is 11.1 Å². The fourth-order valence-electron chi connectivity index (χ4n) is 0.871. The van der Waals surface area contributed by atoms with Crippen LogP contribution in [0.15, 0.2) is 21.1 Å². The summed E-state index contributed by atoms with van der Waals surface area (Å²) in [5.41, 5.74) is -1.35. The maximum Gasteiger partial charge on any atom is 0.330 e. The van der Waals surface area contributed by atoms with Crippen molar-refractivity contribution < 1.29 is 4.84 Å². The predicted molar refractivity (Wildman–Crippen MR) is 49.2 cm³/mol. The highest BCUT2D eigenvalue weighted by molar-refractivity contribution is 5.55. The van der Waals surface area contributed by atoms with Crippen LogP contribution in [-0.4, -0.2) is 28.1 Å². The standard InChI is InChI=1S/C7H10N4O3/c1-14-9-3-2-4-11-5-8-10-6(12)7(11)13/h3,5H,2,4H2,1H3,(H,10,12)/b9-3+. The summed E-state index contributed by atoms with van der Waals surface area (Å²) in [5, 5.41) is 9.03. The number of aryl methyl sites for hydroxylation is 1. The molecule has 0 saturated heterocycles. The largest absolute Gasteiger partial charge is 0.399 e. The minimum Gasteiger partial charge on any atom is -0.399 e. The van der Waals surface area contributed by atoms with Crippen molar-refractivity contribution in [1.82, 2.24) is 14.8 Å². The molecule has 1 aromatic rings. The summed E-state index contributed by atoms with van der Waals surface area (Å²) in [6.07, 6.45) is 3.27. The summed E-state index contributed by atoms with van der Waals surface area (Å²) in [4.78, 5) is 26.4. The maximum atomic E-state index is 11.1. The maximum absolute atomic E-state index is 11.1. The Hall–Kier alpha value is -1.92. The fraction of sp³-hybridized carbons (Fsp3) is 0.429. The van der Waals surface area contributed by atoms with E-state index in [1.54, 1.807) is 0 Å². The van der Waals surface area contributed by atoms with Crippen LogP contribution in [0.4, 0.5) is 0 Å². The summed E-state index contributed by atoms with van der Waals surface area (Å²) >= 11 is 0. The third kappa shape index (κ3) is 2.54. The topological polar surface area (TPSA) is 89.3 Å². The minimum absolute atomic E-state index is 0.350. The lowest BCUT2D eigenvalue weighted by Crippen LogP contribution is -2.36. The first-order valence-corrected chi connectivity index (χ1v) is 3.95. The van der Waals surface area contributed by atoms with Gasteiger partial charge in [-0.15, -0.1) is 0 Å². The van der Waals surface area contributed by atoms with Crippen LogP contribution in [0, 0.1) is 0 Å². The average molecular weight is 198 g/mol. The number of hydrogen-bond donors (Lipinski definition) is 1. The Kier molecular flexibility index (Phi) is 3.59. The lowest BCUT2D eigenvalue weighted by molar-refractivity contribution is 0.214. The summed E-state index contributed by atoms with van der Waals surface area (Å²) in [7, 11) is 1.43. The van der Waals surface area contributed by atoms with Crippen LogP contribution in [0.2, 0.25) is 0 Å². The van der Waals surface area contributed by atoms with Crippen LogP contribution in [-0.2, 0) is 11.4 Å². The quantitative estimate of drug-likeness (QED) is 0.380. The molecule has 0 aromatic carbocycles. The van der Waals surface area contributed by atoms with Crippen LogP contribution >= 0.6 is 0 Å². The van der Waals surface area contributed by atoms with Crippen molar-refractivity contribution in [3.05, 3.63) is 27.0 Å². The van der Waals surface area contributed by atoms with E-state index in [0.29, 0.717) is 13.0 Å². The highest BCUT2D eigenvalue weighted by Gasteiger charge is 1.98. The first-order chi connectivity index (χ1) is 6.75. The van der Waals surface area contributed by atoms with E-state index in [-0.39, 0.29) is 0 Å². The highest BCUT2D eigenvalue weighted by Crippen LogP contribution is 1.80. The van der Waals surface area contributed by atoms with E-state index in [0.717, 1.165) is 0 Å². The lowest BCUT2D eigenvalue weighted by atomic mass is 10.4. The van der Waals surface area contributed by atoms with Crippen molar-refractivity contribution in [2.45, 2.75) is 13.0 Å². The number of hydrogen-bond acceptors (Lipinski definition) is 5. The summed E-state index contributed by atoms with van der Waals surface area (Å²) in [6.45, 7) is 0.350. The zero-order valence-electron chi connectivity index (χ0n) is 7.64. The summed E-state index contributed by atoms with van der Waals surface area (Å²) in [6, 6.07) is 0. The van der Waals surface area contributed by atoms with Crippen LogP contribution in [0.25, 0.3) is 0 Å². The zero-order valence-corrected chi connectivity index (χ0v) is 7.64. The predicted octanol–water partition coefficient (Wildman–Crippen LogP) is -1.05. The van der Waals surface area contributed by atoms with Crippen molar-refractivity contribution in [3.8, 4) is 0 Å². The minimum atomic E-state index is -0.726. The highest BCUT2D eigenvalue weighted by atomic mass is 16.6. The molecule has 0 aliphatic carbocycles. The molecule has 1 rings (SSSR count). The van der Waals surface area contributed by atoms with Crippen molar-refractivity contribution in [2.24, 2.45) is 5.16 Å². The molecule has 0 aliphatic rings. The van der Waals surface area contributed by atoms with Crippen LogP contribution in [0.3, 0.4) is 0 Å². The van der Waals surface area contributed by atoms with Gasteiger partial charge in [0, 0.05) is 19.2 Å². The van der Waals surface area contributed by atoms with E-state index >= 15 is 0 Å². The Bertz CT molecular complexity index is 419. The number of aromatic amines is 1. The zero-order chi connectivity index (χ0) is 10.4. The molecule has 14 heavy (non-hydrogen) atoms. The van der Waals surface area contributed by atoms with Gasteiger partial charge in [0.2, 0.25) is 0 Å². The van der Waals surface area contributed by atoms with Crippen molar-refractivity contribution in [1.29, 1.82) is 0 Å². The van der Waals surface area contributed by atoms with Crippen molar-refractivity contribution in [3.63, 3.8) is 0 Å². The number of nitrogens with zero attached hydrogens (tertiary/aromatic N) is 3. The van der Waals surface area contributed by atoms with Crippen LogP contribution < -0.4 is 11.1 Å². The monoisotopic (exact) mass is 198 g/mol. The van der Waals surface area contributed by atoms with Crippen LogP contribution in [0.1, 0.15) is 6.42 Å². The second-order valence-electron chi connectivity index (χ2n) is 2.44. The van der Waals surface area contributed by atoms with E-state index in [2.05, 4.69) is 15.1 Å². The molecule has 7 heteroatoms. The normalized spacial score (nSPS) is 10.6. The third-order valence-corrected chi connectivity index (χ3v) is 1.50. The molecule has 76 valence electrons. The second kappa shape index (κ2) is 4.95. The van der Waals surface area contributed by atoms with E-state index < -0.39 is 11.1 Å². The van der Waals surface area contributed by atoms with Gasteiger partial charge in [0.1, 0.15) is 13.4 Å². The number of aromatic nitrogens is 3. The van der Waals surface area contributed by atoms with Gasteiger partial charge in [-0.2, -0.15) is 5.10 Å². The number of oxime groups is 1. The van der Waals surface area contributed by atoms with E-state index in [1.165, 1.54) is 24.2 Å². The Morgan fingerprint density at radius 3 is 3.21 bits per heavy atom. The molecule has 0 atom stereocenters. The molecule has 1 N–H and O–H groups in total. The molecule has 1 heterocycles. The number of rotatable bonds is 4. The van der Waals surface area contributed by atoms with Gasteiger partial charge in [-0.05, 0) is 0 Å². The Labute approximate surface area is 79.0 Å². The molecule has 0 fully saturated rings. The van der Waals surface area contributed by atoms with E-state index in [9.17, 15) is 9.59 Å². The molecule has 0 aliphatic heterocycles. The number of H-pyrrole nitrogens is 1. The Balaban J connectivity index is 2.69. The molecule has 0 saturated carbocycles. The first kappa shape index (κ1) is 10.2.